The Morgan fingerprint density at radius 2 is 2.05 bits per heavy atom. The van der Waals surface area contributed by atoms with Gasteiger partial charge in [0.25, 0.3) is 0 Å². The van der Waals surface area contributed by atoms with Crippen LogP contribution in [-0.4, -0.2) is 34.4 Å². The molecule has 0 saturated carbocycles. The van der Waals surface area contributed by atoms with Crippen LogP contribution >= 0.6 is 0 Å². The summed E-state index contributed by atoms with van der Waals surface area (Å²) in [6, 6.07) is 7.74. The molecule has 1 heterocycles. The Balaban J connectivity index is 2.50. The van der Waals surface area contributed by atoms with E-state index < -0.39 is 5.41 Å². The number of methoxy groups -OCH3 is 1. The Labute approximate surface area is 123 Å². The number of carbonyl (C=O) groups excluding carboxylic acids is 1. The van der Waals surface area contributed by atoms with Crippen molar-refractivity contribution in [2.24, 2.45) is 12.8 Å². The molecule has 0 radical (unpaired) electrons. The van der Waals surface area contributed by atoms with Gasteiger partial charge in [-0.15, -0.1) is 0 Å². The molecule has 1 unspecified atom stereocenters. The zero-order valence-corrected chi connectivity index (χ0v) is 12.5. The van der Waals surface area contributed by atoms with Crippen molar-refractivity contribution in [1.82, 2.24) is 14.8 Å². The molecule has 0 aliphatic rings. The average Bonchev–Trinajstić information content (AvgIpc) is 2.90. The van der Waals surface area contributed by atoms with Crippen LogP contribution in [0.15, 0.2) is 30.6 Å². The van der Waals surface area contributed by atoms with Crippen molar-refractivity contribution in [2.45, 2.75) is 18.8 Å². The Bertz CT molecular complexity index is 621. The van der Waals surface area contributed by atoms with E-state index in [4.69, 9.17) is 10.5 Å². The second-order valence-electron chi connectivity index (χ2n) is 5.12. The summed E-state index contributed by atoms with van der Waals surface area (Å²) in [6.45, 7) is 2.13. The summed E-state index contributed by atoms with van der Waals surface area (Å²) in [5.41, 5.74) is 6.95. The van der Waals surface area contributed by atoms with Crippen LogP contribution in [0.4, 0.5) is 0 Å². The summed E-state index contributed by atoms with van der Waals surface area (Å²) in [5.74, 6) is 0.322. The number of carbonyl (C=O) groups is 1. The average molecular weight is 288 g/mol. The van der Waals surface area contributed by atoms with Crippen molar-refractivity contribution in [3.63, 3.8) is 0 Å². The SMILES string of the molecule is COC(=O)C(CN)(Cc1ncnn1C)c1ccc(C)cc1. The van der Waals surface area contributed by atoms with Crippen LogP contribution < -0.4 is 5.73 Å². The summed E-state index contributed by atoms with van der Waals surface area (Å²) in [5, 5.41) is 4.04. The van der Waals surface area contributed by atoms with Gasteiger partial charge in [-0.3, -0.25) is 9.48 Å². The second-order valence-corrected chi connectivity index (χ2v) is 5.12. The van der Waals surface area contributed by atoms with E-state index >= 15 is 0 Å². The van der Waals surface area contributed by atoms with E-state index in [1.54, 1.807) is 11.7 Å². The van der Waals surface area contributed by atoms with Crippen molar-refractivity contribution in [2.75, 3.05) is 13.7 Å². The van der Waals surface area contributed by atoms with Crippen LogP contribution in [0.25, 0.3) is 0 Å². The number of benzene rings is 1. The molecule has 0 saturated heterocycles. The topological polar surface area (TPSA) is 83.0 Å². The van der Waals surface area contributed by atoms with Gasteiger partial charge < -0.3 is 10.5 Å². The van der Waals surface area contributed by atoms with Gasteiger partial charge in [0, 0.05) is 20.0 Å². The van der Waals surface area contributed by atoms with Gasteiger partial charge >= 0.3 is 5.97 Å². The largest absolute Gasteiger partial charge is 0.468 e. The molecule has 6 heteroatoms. The second kappa shape index (κ2) is 6.05. The fourth-order valence-electron chi connectivity index (χ4n) is 2.38. The molecule has 1 aromatic carbocycles. The van der Waals surface area contributed by atoms with Crippen molar-refractivity contribution < 1.29 is 9.53 Å². The number of ether oxygens (including phenoxy) is 1. The van der Waals surface area contributed by atoms with Crippen LogP contribution in [0.2, 0.25) is 0 Å². The fourth-order valence-corrected chi connectivity index (χ4v) is 2.38. The van der Waals surface area contributed by atoms with E-state index in [0.29, 0.717) is 12.2 Å². The molecule has 0 amide bonds. The van der Waals surface area contributed by atoms with E-state index in [1.165, 1.54) is 13.4 Å². The first kappa shape index (κ1) is 15.2. The van der Waals surface area contributed by atoms with Gasteiger partial charge in [0.2, 0.25) is 0 Å². The molecule has 0 fully saturated rings. The maximum absolute atomic E-state index is 12.4. The molecule has 2 rings (SSSR count). The normalized spacial score (nSPS) is 13.7. The van der Waals surface area contributed by atoms with Crippen molar-refractivity contribution in [3.8, 4) is 0 Å². The molecule has 1 aromatic heterocycles. The lowest BCUT2D eigenvalue weighted by Crippen LogP contribution is -2.46. The van der Waals surface area contributed by atoms with E-state index in [-0.39, 0.29) is 12.5 Å². The molecule has 2 aromatic rings. The highest BCUT2D eigenvalue weighted by molar-refractivity contribution is 5.84. The summed E-state index contributed by atoms with van der Waals surface area (Å²) < 4.78 is 6.64. The molecular formula is C15H20N4O2. The smallest absolute Gasteiger partial charge is 0.318 e. The molecule has 1 atom stereocenters. The van der Waals surface area contributed by atoms with Crippen molar-refractivity contribution in [3.05, 3.63) is 47.5 Å². The van der Waals surface area contributed by atoms with E-state index in [1.807, 2.05) is 31.2 Å². The van der Waals surface area contributed by atoms with Gasteiger partial charge in [-0.25, -0.2) is 4.98 Å². The Morgan fingerprint density at radius 3 is 2.52 bits per heavy atom. The number of hydrogen-bond donors (Lipinski definition) is 1. The first-order valence-corrected chi connectivity index (χ1v) is 6.72. The van der Waals surface area contributed by atoms with Gasteiger partial charge in [-0.05, 0) is 12.5 Å². The van der Waals surface area contributed by atoms with E-state index in [0.717, 1.165) is 11.1 Å². The number of esters is 1. The summed E-state index contributed by atoms with van der Waals surface area (Å²) in [7, 11) is 3.16. The van der Waals surface area contributed by atoms with Crippen LogP contribution in [0, 0.1) is 6.92 Å². The van der Waals surface area contributed by atoms with Crippen LogP contribution in [0.3, 0.4) is 0 Å². The lowest BCUT2D eigenvalue weighted by Gasteiger charge is -2.29. The van der Waals surface area contributed by atoms with Crippen LogP contribution in [-0.2, 0) is 28.4 Å². The number of aromatic nitrogens is 3. The molecule has 21 heavy (non-hydrogen) atoms. The summed E-state index contributed by atoms with van der Waals surface area (Å²) in [4.78, 5) is 16.6. The van der Waals surface area contributed by atoms with Gasteiger partial charge in [-0.1, -0.05) is 29.8 Å². The van der Waals surface area contributed by atoms with Gasteiger partial charge in [-0.2, -0.15) is 5.10 Å². The zero-order chi connectivity index (χ0) is 15.5. The highest BCUT2D eigenvalue weighted by atomic mass is 16.5. The minimum Gasteiger partial charge on any atom is -0.468 e. The first-order chi connectivity index (χ1) is 10.0. The summed E-state index contributed by atoms with van der Waals surface area (Å²) >= 11 is 0. The molecular weight excluding hydrogens is 268 g/mol. The first-order valence-electron chi connectivity index (χ1n) is 6.72. The minimum absolute atomic E-state index is 0.135. The number of rotatable bonds is 5. The molecule has 0 bridgehead atoms. The quantitative estimate of drug-likeness (QED) is 0.820. The molecule has 6 nitrogen and oxygen atoms in total. The molecule has 2 N–H and O–H groups in total. The Kier molecular flexibility index (Phi) is 4.37. The Hall–Kier alpha value is -2.21. The third kappa shape index (κ3) is 2.80. The van der Waals surface area contributed by atoms with Gasteiger partial charge in [0.05, 0.1) is 7.11 Å². The van der Waals surface area contributed by atoms with Crippen LogP contribution in [0.5, 0.6) is 0 Å². The van der Waals surface area contributed by atoms with Crippen molar-refractivity contribution in [1.29, 1.82) is 0 Å². The lowest BCUT2D eigenvalue weighted by molar-refractivity contribution is -0.147. The molecule has 0 aliphatic carbocycles. The van der Waals surface area contributed by atoms with Gasteiger partial charge in [0.1, 0.15) is 17.6 Å². The Morgan fingerprint density at radius 1 is 1.38 bits per heavy atom. The highest BCUT2D eigenvalue weighted by Gasteiger charge is 2.41. The monoisotopic (exact) mass is 288 g/mol. The third-order valence-electron chi connectivity index (χ3n) is 3.79. The molecule has 0 aliphatic heterocycles. The van der Waals surface area contributed by atoms with E-state index in [9.17, 15) is 4.79 Å². The number of aryl methyl sites for hydroxylation is 2. The maximum atomic E-state index is 12.4. The van der Waals surface area contributed by atoms with Gasteiger partial charge in [0.15, 0.2) is 0 Å². The third-order valence-corrected chi connectivity index (χ3v) is 3.79. The fraction of sp³-hybridized carbons (Fsp3) is 0.400. The van der Waals surface area contributed by atoms with Crippen molar-refractivity contribution >= 4 is 5.97 Å². The lowest BCUT2D eigenvalue weighted by atomic mass is 9.77. The number of nitrogens with zero attached hydrogens (tertiary/aromatic N) is 3. The van der Waals surface area contributed by atoms with E-state index in [2.05, 4.69) is 10.1 Å². The highest BCUT2D eigenvalue weighted by Crippen LogP contribution is 2.29. The number of hydrogen-bond acceptors (Lipinski definition) is 5. The number of nitrogens with two attached hydrogens (primary N) is 1. The predicted molar refractivity (Wildman–Crippen MR) is 78.6 cm³/mol. The maximum Gasteiger partial charge on any atom is 0.318 e. The predicted octanol–water partition coefficient (Wildman–Crippen LogP) is 0.736. The van der Waals surface area contributed by atoms with Crippen LogP contribution in [0.1, 0.15) is 17.0 Å². The standard InChI is InChI=1S/C15H20N4O2/c1-11-4-6-12(7-5-11)15(9-16,14(20)21-3)8-13-17-10-18-19(13)2/h4-7,10H,8-9,16H2,1-3H3. The zero-order valence-electron chi connectivity index (χ0n) is 12.5. The summed E-state index contributed by atoms with van der Waals surface area (Å²) in [6.07, 6.45) is 1.80. The molecule has 0 spiro atoms. The minimum atomic E-state index is -0.955. The molecule has 112 valence electrons.